The molecule has 0 saturated carbocycles. The molecule has 2 amide bonds. The van der Waals surface area contributed by atoms with Crippen LogP contribution < -0.4 is 10.6 Å². The summed E-state index contributed by atoms with van der Waals surface area (Å²) in [6, 6.07) is 36.9. The van der Waals surface area contributed by atoms with E-state index in [-0.39, 0.29) is 26.4 Å². The fourth-order valence-corrected chi connectivity index (χ4v) is 3.57. The molecule has 0 aliphatic heterocycles. The lowest BCUT2D eigenvalue weighted by atomic mass is 10.1. The number of ether oxygens (including phenoxy) is 2. The molecule has 4 rings (SSSR count). The minimum Gasteiger partial charge on any atom is -0.445 e. The molecule has 0 spiro atoms. The number of carbonyl (C=O) groups is 2. The summed E-state index contributed by atoms with van der Waals surface area (Å²) in [6.07, 6.45) is -1.82. The van der Waals surface area contributed by atoms with E-state index < -0.39 is 24.3 Å². The molecule has 4 N–H and O–H groups in total. The van der Waals surface area contributed by atoms with Crippen molar-refractivity contribution in [1.82, 2.24) is 10.6 Å². The highest BCUT2D eigenvalue weighted by atomic mass is 16.6. The van der Waals surface area contributed by atoms with Crippen molar-refractivity contribution >= 4 is 12.2 Å². The molecule has 0 saturated heterocycles. The third-order valence-electron chi connectivity index (χ3n) is 5.73. The molecule has 0 radical (unpaired) electrons. The first-order chi connectivity index (χ1) is 19.5. The van der Waals surface area contributed by atoms with Crippen LogP contribution >= 0.6 is 0 Å². The largest absolute Gasteiger partial charge is 0.445 e. The maximum Gasteiger partial charge on any atom is 0.408 e. The molecule has 8 heteroatoms. The van der Waals surface area contributed by atoms with Gasteiger partial charge in [-0.2, -0.15) is 0 Å². The minimum absolute atomic E-state index is 0.123. The Morgan fingerprint density at radius 3 is 1.52 bits per heavy atom. The summed E-state index contributed by atoms with van der Waals surface area (Å²) in [4.78, 5) is 23.2. The molecule has 0 fully saturated rings. The molecule has 40 heavy (non-hydrogen) atoms. The summed E-state index contributed by atoms with van der Waals surface area (Å²) in [6.45, 7) is 0.371. The summed E-state index contributed by atoms with van der Waals surface area (Å²) >= 11 is 0. The first-order valence-corrected chi connectivity index (χ1v) is 12.9. The lowest BCUT2D eigenvalue weighted by Gasteiger charge is -2.16. The molecule has 4 aromatic carbocycles. The number of carbonyl (C=O) groups excluding carboxylic acids is 2. The van der Waals surface area contributed by atoms with Crippen molar-refractivity contribution < 1.29 is 29.3 Å². The predicted octanol–water partition coefficient (Wildman–Crippen LogP) is 5.29. The van der Waals surface area contributed by atoms with Crippen molar-refractivity contribution in [3.05, 3.63) is 144 Å². The molecule has 0 unspecified atom stereocenters. The fourth-order valence-electron chi connectivity index (χ4n) is 3.57. The quantitative estimate of drug-likeness (QED) is 0.216. The van der Waals surface area contributed by atoms with Gasteiger partial charge in [-0.1, -0.05) is 121 Å². The number of alkyl carbamates (subject to hydrolysis) is 2. The Kier molecular flexibility index (Phi) is 12.7. The monoisotopic (exact) mass is 542 g/mol. The highest BCUT2D eigenvalue weighted by Gasteiger charge is 2.14. The van der Waals surface area contributed by atoms with Crippen LogP contribution in [-0.2, 0) is 22.7 Å². The van der Waals surface area contributed by atoms with Gasteiger partial charge in [0.05, 0.1) is 25.3 Å². The van der Waals surface area contributed by atoms with Crippen LogP contribution in [0.4, 0.5) is 9.59 Å². The molecule has 0 bridgehead atoms. The molecule has 2 atom stereocenters. The van der Waals surface area contributed by atoms with E-state index in [2.05, 4.69) is 10.6 Å². The topological polar surface area (TPSA) is 117 Å². The second-order valence-corrected chi connectivity index (χ2v) is 8.72. The Hall–Kier alpha value is -4.66. The number of aliphatic hydroxyl groups is 2. The van der Waals surface area contributed by atoms with Gasteiger partial charge in [-0.25, -0.2) is 9.59 Å². The van der Waals surface area contributed by atoms with Gasteiger partial charge in [0.25, 0.3) is 0 Å². The maximum atomic E-state index is 11.7. The second-order valence-electron chi connectivity index (χ2n) is 8.72. The van der Waals surface area contributed by atoms with Crippen molar-refractivity contribution in [2.45, 2.75) is 25.4 Å². The number of nitrogens with one attached hydrogen (secondary N) is 2. The number of aliphatic hydroxyl groups excluding tert-OH is 2. The molecule has 208 valence electrons. The van der Waals surface area contributed by atoms with E-state index in [0.29, 0.717) is 0 Å². The minimum atomic E-state index is -0.736. The zero-order valence-corrected chi connectivity index (χ0v) is 22.1. The number of hydrogen-bond acceptors (Lipinski definition) is 6. The van der Waals surface area contributed by atoms with Gasteiger partial charge >= 0.3 is 12.2 Å². The fraction of sp³-hybridized carbons (Fsp3) is 0.188. The van der Waals surface area contributed by atoms with E-state index >= 15 is 0 Å². The SMILES string of the molecule is O=C(NC[C@H](O)c1ccccc1)OCc1ccccc1.O=C(N[C@@H](CO)c1ccccc1)OCc1ccccc1. The molecule has 0 aromatic heterocycles. The average molecular weight is 543 g/mol. The number of amides is 2. The summed E-state index contributed by atoms with van der Waals surface area (Å²) in [5, 5.41) is 24.4. The van der Waals surface area contributed by atoms with E-state index in [9.17, 15) is 19.8 Å². The van der Waals surface area contributed by atoms with Gasteiger partial charge in [0, 0.05) is 0 Å². The second kappa shape index (κ2) is 17.0. The number of rotatable bonds is 10. The normalized spacial score (nSPS) is 11.7. The zero-order chi connectivity index (χ0) is 28.4. The molecule has 0 aliphatic rings. The van der Waals surface area contributed by atoms with Crippen molar-refractivity contribution in [3.63, 3.8) is 0 Å². The van der Waals surface area contributed by atoms with Crippen molar-refractivity contribution in [1.29, 1.82) is 0 Å². The highest BCUT2D eigenvalue weighted by molar-refractivity contribution is 5.68. The van der Waals surface area contributed by atoms with Gasteiger partial charge in [-0.05, 0) is 22.3 Å². The first kappa shape index (κ1) is 29.9. The van der Waals surface area contributed by atoms with Gasteiger partial charge in [0.2, 0.25) is 0 Å². The van der Waals surface area contributed by atoms with Gasteiger partial charge in [0.1, 0.15) is 13.2 Å². The maximum absolute atomic E-state index is 11.7. The Bertz CT molecular complexity index is 1260. The van der Waals surface area contributed by atoms with Crippen molar-refractivity contribution in [3.8, 4) is 0 Å². The smallest absolute Gasteiger partial charge is 0.408 e. The van der Waals surface area contributed by atoms with Crippen LogP contribution in [0.3, 0.4) is 0 Å². The van der Waals surface area contributed by atoms with Crippen LogP contribution in [0.5, 0.6) is 0 Å². The lowest BCUT2D eigenvalue weighted by Crippen LogP contribution is -2.31. The molecular weight excluding hydrogens is 508 g/mol. The summed E-state index contributed by atoms with van der Waals surface area (Å²) in [5.74, 6) is 0. The van der Waals surface area contributed by atoms with E-state index in [4.69, 9.17) is 9.47 Å². The molecular formula is C32H34N2O6. The van der Waals surface area contributed by atoms with Crippen molar-refractivity contribution in [2.75, 3.05) is 13.2 Å². The van der Waals surface area contributed by atoms with Crippen LogP contribution in [0.1, 0.15) is 34.4 Å². The molecule has 0 aliphatic carbocycles. The summed E-state index contributed by atoms with van der Waals surface area (Å²) in [5.41, 5.74) is 3.44. The molecule has 0 heterocycles. The Morgan fingerprint density at radius 1 is 0.625 bits per heavy atom. The molecule has 4 aromatic rings. The number of hydrogen-bond donors (Lipinski definition) is 4. The van der Waals surface area contributed by atoms with Crippen LogP contribution in [0.25, 0.3) is 0 Å². The van der Waals surface area contributed by atoms with E-state index in [1.165, 1.54) is 0 Å². The van der Waals surface area contributed by atoms with Crippen LogP contribution in [-0.4, -0.2) is 35.6 Å². The highest BCUT2D eigenvalue weighted by Crippen LogP contribution is 2.12. The van der Waals surface area contributed by atoms with Crippen LogP contribution in [0.2, 0.25) is 0 Å². The Balaban J connectivity index is 0.000000220. The van der Waals surface area contributed by atoms with Crippen LogP contribution in [0.15, 0.2) is 121 Å². The van der Waals surface area contributed by atoms with E-state index in [1.807, 2.05) is 121 Å². The number of benzene rings is 4. The Morgan fingerprint density at radius 2 is 1.05 bits per heavy atom. The third kappa shape index (κ3) is 11.0. The lowest BCUT2D eigenvalue weighted by molar-refractivity contribution is 0.126. The predicted molar refractivity (Wildman–Crippen MR) is 152 cm³/mol. The standard InChI is InChI=1S/2C16H17NO3/c18-11-15(14-9-5-2-6-10-14)17-16(19)20-12-13-7-3-1-4-8-13;18-15(14-9-5-2-6-10-14)11-17-16(19)20-12-13-7-3-1-4-8-13/h2*1-10,15,18H,11-12H2,(H,17,19)/t2*15-/m00/s1. The average Bonchev–Trinajstić information content (AvgIpc) is 3.02. The first-order valence-electron chi connectivity index (χ1n) is 12.9. The van der Waals surface area contributed by atoms with Gasteiger partial charge in [-0.3, -0.25) is 0 Å². The zero-order valence-electron chi connectivity index (χ0n) is 22.1. The summed E-state index contributed by atoms with van der Waals surface area (Å²) in [7, 11) is 0. The van der Waals surface area contributed by atoms with Gasteiger partial charge < -0.3 is 30.3 Å². The van der Waals surface area contributed by atoms with Crippen LogP contribution in [0, 0.1) is 0 Å². The third-order valence-corrected chi connectivity index (χ3v) is 5.73. The Labute approximate surface area is 234 Å². The van der Waals surface area contributed by atoms with Gasteiger partial charge in [-0.15, -0.1) is 0 Å². The molecule has 8 nitrogen and oxygen atoms in total. The van der Waals surface area contributed by atoms with E-state index in [1.54, 1.807) is 0 Å². The van der Waals surface area contributed by atoms with Gasteiger partial charge in [0.15, 0.2) is 0 Å². The summed E-state index contributed by atoms with van der Waals surface area (Å²) < 4.78 is 10.2. The van der Waals surface area contributed by atoms with Crippen molar-refractivity contribution in [2.24, 2.45) is 0 Å². The van der Waals surface area contributed by atoms with E-state index in [0.717, 1.165) is 22.3 Å².